The Balaban J connectivity index is 2.53. The van der Waals surface area contributed by atoms with Crippen molar-refractivity contribution in [1.29, 1.82) is 0 Å². The van der Waals surface area contributed by atoms with E-state index in [0.29, 0.717) is 0 Å². The molecule has 0 saturated heterocycles. The van der Waals surface area contributed by atoms with E-state index < -0.39 is 7.87 Å². The number of benzene rings is 1. The van der Waals surface area contributed by atoms with Gasteiger partial charge >= 0.3 is 7.87 Å². The topological polar surface area (TPSA) is 9.72 Å². The zero-order chi connectivity index (χ0) is 16.2. The Bertz CT molecular complexity index is 500. The highest BCUT2D eigenvalue weighted by Crippen LogP contribution is 2.35. The van der Waals surface area contributed by atoms with Crippen LogP contribution >= 0.6 is 11.1 Å². The van der Waals surface area contributed by atoms with Crippen LogP contribution in [0, 0.1) is 0 Å². The number of allylic oxidation sites excluding steroid dienone is 1. The second kappa shape index (κ2) is 7.64. The Labute approximate surface area is 141 Å². The van der Waals surface area contributed by atoms with Crippen LogP contribution in [0.3, 0.4) is 0 Å². The van der Waals surface area contributed by atoms with Crippen LogP contribution in [0.5, 0.6) is 0 Å². The molecule has 0 N–H and O–H groups in total. The average Bonchev–Trinajstić information content (AvgIpc) is 2.56. The second-order valence-electron chi connectivity index (χ2n) is 5.49. The van der Waals surface area contributed by atoms with Crippen LogP contribution < -0.4 is 4.57 Å². The molecule has 0 saturated carbocycles. The number of fused-ring (bicyclic) bond motifs is 1. The molecule has 0 aliphatic carbocycles. The predicted octanol–water partition coefficient (Wildman–Crippen LogP) is 3.92. The van der Waals surface area contributed by atoms with Crippen molar-refractivity contribution in [1.82, 2.24) is 9.13 Å². The van der Waals surface area contributed by atoms with Crippen molar-refractivity contribution in [2.24, 2.45) is 0 Å². The molecule has 2 rings (SSSR count). The van der Waals surface area contributed by atoms with Crippen molar-refractivity contribution >= 4 is 24.6 Å². The van der Waals surface area contributed by atoms with Crippen molar-refractivity contribution in [3.8, 4) is 0 Å². The summed E-state index contributed by atoms with van der Waals surface area (Å²) in [6.45, 7) is 12.7. The molecule has 0 amide bonds. The number of para-hydroxylation sites is 1. The molecule has 0 unspecified atom stereocenters. The lowest BCUT2D eigenvalue weighted by Crippen LogP contribution is -2.71. The average molecular weight is 338 g/mol. The van der Waals surface area contributed by atoms with Gasteiger partial charge in [0, 0.05) is 5.69 Å². The molecule has 1 aromatic carbocycles. The third-order valence-electron chi connectivity index (χ3n) is 4.48. The fourth-order valence-electron chi connectivity index (χ4n) is 3.29. The molecule has 0 bridgehead atoms. The number of hydrogen-bond donors (Lipinski definition) is 0. The lowest BCUT2D eigenvalue weighted by atomic mass is 10.1. The van der Waals surface area contributed by atoms with Gasteiger partial charge in [0.05, 0.1) is 0 Å². The van der Waals surface area contributed by atoms with Crippen LogP contribution in [0.1, 0.15) is 33.3 Å². The van der Waals surface area contributed by atoms with Gasteiger partial charge < -0.3 is 4.57 Å². The summed E-state index contributed by atoms with van der Waals surface area (Å²) < 4.78 is 7.27. The van der Waals surface area contributed by atoms with Crippen molar-refractivity contribution in [2.75, 3.05) is 30.7 Å². The molecule has 1 aliphatic heterocycles. The highest BCUT2D eigenvalue weighted by molar-refractivity contribution is 7.19. The number of halogens is 1. The first-order valence-electron chi connectivity index (χ1n) is 8.36. The Hall–Kier alpha value is -0.813. The lowest BCUT2D eigenvalue weighted by molar-refractivity contribution is 0.367. The van der Waals surface area contributed by atoms with Crippen LogP contribution in [-0.4, -0.2) is 43.2 Å². The normalized spacial score (nSPS) is 14.8. The maximum Gasteiger partial charge on any atom is 0.427 e. The van der Waals surface area contributed by atoms with E-state index >= 15 is 0 Å². The van der Waals surface area contributed by atoms with Gasteiger partial charge in [-0.1, -0.05) is 52.0 Å². The number of hydrogen-bond acceptors (Lipinski definition) is 3. The summed E-state index contributed by atoms with van der Waals surface area (Å²) in [6.07, 6.45) is 5.43. The van der Waals surface area contributed by atoms with E-state index in [1.54, 1.807) is 0 Å². The molecule has 0 fully saturated rings. The van der Waals surface area contributed by atoms with Gasteiger partial charge in [-0.15, -0.1) is 11.1 Å². The fraction of sp³-hybridized carbons (Fsp3) is 0.529. The molecule has 1 heterocycles. The molecule has 1 aliphatic rings. The van der Waals surface area contributed by atoms with Crippen molar-refractivity contribution < 1.29 is 0 Å². The monoisotopic (exact) mass is 337 g/mol. The Kier molecular flexibility index (Phi) is 6.09. The van der Waals surface area contributed by atoms with E-state index in [0.717, 1.165) is 32.6 Å². The molecule has 0 radical (unpaired) electrons. The van der Waals surface area contributed by atoms with Crippen molar-refractivity contribution in [3.05, 3.63) is 42.1 Å². The molecule has 0 spiro atoms. The van der Waals surface area contributed by atoms with Gasteiger partial charge in [0.15, 0.2) is 0 Å². The van der Waals surface area contributed by atoms with Gasteiger partial charge in [-0.05, 0) is 50.4 Å². The van der Waals surface area contributed by atoms with Crippen molar-refractivity contribution in [2.45, 2.75) is 34.1 Å². The summed E-state index contributed by atoms with van der Waals surface area (Å²) >= 11 is 7.44. The lowest BCUT2D eigenvalue weighted by Gasteiger charge is -2.49. The number of anilines is 1. The third kappa shape index (κ3) is 2.97. The minimum Gasteiger partial charge on any atom is -0.337 e. The van der Waals surface area contributed by atoms with Crippen molar-refractivity contribution in [3.63, 3.8) is 0 Å². The van der Waals surface area contributed by atoms with Gasteiger partial charge in [-0.3, -0.25) is 9.13 Å². The van der Waals surface area contributed by atoms with Crippen LogP contribution in [0.4, 0.5) is 5.69 Å². The van der Waals surface area contributed by atoms with E-state index in [9.17, 15) is 0 Å². The van der Waals surface area contributed by atoms with E-state index in [-0.39, 0.29) is 0 Å². The van der Waals surface area contributed by atoms with Gasteiger partial charge in [0.1, 0.15) is 0 Å². The van der Waals surface area contributed by atoms with E-state index in [1.165, 1.54) is 11.3 Å². The summed E-state index contributed by atoms with van der Waals surface area (Å²) in [4.78, 5) is 0. The summed E-state index contributed by atoms with van der Waals surface area (Å²) in [5.74, 6) is 0. The SMILES string of the molecule is CCN(CC)[Si](Cl)(N(CC)CC)N1C=CCc2ccccc21. The summed E-state index contributed by atoms with van der Waals surface area (Å²) in [5.41, 5.74) is 2.63. The quantitative estimate of drug-likeness (QED) is 0.551. The molecule has 122 valence electrons. The van der Waals surface area contributed by atoms with Gasteiger partial charge in [0.2, 0.25) is 0 Å². The summed E-state index contributed by atoms with van der Waals surface area (Å²) in [7, 11) is -2.47. The molecular formula is C17H28ClN3Si. The smallest absolute Gasteiger partial charge is 0.337 e. The highest BCUT2D eigenvalue weighted by Gasteiger charge is 2.49. The molecular weight excluding hydrogens is 310 g/mol. The van der Waals surface area contributed by atoms with Crippen LogP contribution in [0.15, 0.2) is 36.5 Å². The predicted molar refractivity (Wildman–Crippen MR) is 99.2 cm³/mol. The first-order valence-corrected chi connectivity index (χ1v) is 11.2. The van der Waals surface area contributed by atoms with Gasteiger partial charge in [0.25, 0.3) is 0 Å². The minimum atomic E-state index is -2.47. The molecule has 3 nitrogen and oxygen atoms in total. The highest BCUT2D eigenvalue weighted by atomic mass is 35.6. The zero-order valence-electron chi connectivity index (χ0n) is 14.2. The fourth-order valence-corrected chi connectivity index (χ4v) is 8.60. The van der Waals surface area contributed by atoms with Gasteiger partial charge in [-0.25, -0.2) is 0 Å². The largest absolute Gasteiger partial charge is 0.427 e. The van der Waals surface area contributed by atoms with E-state index in [1.807, 2.05) is 0 Å². The molecule has 0 atom stereocenters. The Morgan fingerprint density at radius 1 is 1.00 bits per heavy atom. The number of nitrogens with zero attached hydrogens (tertiary/aromatic N) is 3. The van der Waals surface area contributed by atoms with E-state index in [2.05, 4.69) is 77.9 Å². The Morgan fingerprint density at radius 3 is 2.09 bits per heavy atom. The zero-order valence-corrected chi connectivity index (χ0v) is 16.0. The molecule has 1 aromatic rings. The maximum atomic E-state index is 7.44. The van der Waals surface area contributed by atoms with E-state index in [4.69, 9.17) is 11.1 Å². The van der Waals surface area contributed by atoms with Gasteiger partial charge in [-0.2, -0.15) is 0 Å². The maximum absolute atomic E-state index is 7.44. The second-order valence-corrected chi connectivity index (χ2v) is 9.86. The summed E-state index contributed by atoms with van der Waals surface area (Å²) in [6, 6.07) is 8.64. The number of rotatable bonds is 7. The van der Waals surface area contributed by atoms with Crippen LogP contribution in [0.2, 0.25) is 0 Å². The summed E-state index contributed by atoms with van der Waals surface area (Å²) in [5, 5.41) is 0. The van der Waals surface area contributed by atoms with Crippen LogP contribution in [-0.2, 0) is 6.42 Å². The molecule has 5 heteroatoms. The molecule has 0 aromatic heterocycles. The minimum absolute atomic E-state index is 0.967. The van der Waals surface area contributed by atoms with Crippen LogP contribution in [0.25, 0.3) is 0 Å². The third-order valence-corrected chi connectivity index (χ3v) is 10.3. The standard InChI is InChI=1S/C17H28ClN3Si/c1-5-19(6-2)22(18,20(7-3)8-4)21-15-11-13-16-12-9-10-14-17(16)21/h9-12,14-15H,5-8,13H2,1-4H3. The first kappa shape index (κ1) is 17.5. The molecule has 22 heavy (non-hydrogen) atoms. The first-order chi connectivity index (χ1) is 10.6. The Morgan fingerprint density at radius 2 is 1.55 bits per heavy atom.